The van der Waals surface area contributed by atoms with E-state index in [0.29, 0.717) is 11.0 Å². The SMILES string of the molecule is Cc1cc(/C=C(/C#N)C(=O)Nc2nnc(CC(C)C)s2)c(C)n1-c1ccc(F)cc1. The molecule has 2 aromatic heterocycles. The van der Waals surface area contributed by atoms with Crippen molar-refractivity contribution >= 4 is 28.5 Å². The van der Waals surface area contributed by atoms with Crippen LogP contribution in [0, 0.1) is 36.9 Å². The normalized spacial score (nSPS) is 11.6. The third-order valence-electron chi connectivity index (χ3n) is 4.49. The number of nitrogens with zero attached hydrogens (tertiary/aromatic N) is 4. The summed E-state index contributed by atoms with van der Waals surface area (Å²) in [5.74, 6) is -0.401. The van der Waals surface area contributed by atoms with Crippen molar-refractivity contribution in [3.63, 3.8) is 0 Å². The second-order valence-electron chi connectivity index (χ2n) is 7.36. The van der Waals surface area contributed by atoms with Crippen molar-refractivity contribution in [3.8, 4) is 11.8 Å². The third kappa shape index (κ3) is 4.81. The van der Waals surface area contributed by atoms with Gasteiger partial charge < -0.3 is 4.57 Å². The molecule has 154 valence electrons. The fourth-order valence-corrected chi connectivity index (χ4v) is 4.07. The average molecular weight is 424 g/mol. The van der Waals surface area contributed by atoms with Gasteiger partial charge in [-0.1, -0.05) is 25.2 Å². The van der Waals surface area contributed by atoms with Gasteiger partial charge in [-0.3, -0.25) is 10.1 Å². The van der Waals surface area contributed by atoms with Gasteiger partial charge in [0.2, 0.25) is 5.13 Å². The molecule has 0 spiro atoms. The van der Waals surface area contributed by atoms with Gasteiger partial charge in [0, 0.05) is 23.5 Å². The zero-order chi connectivity index (χ0) is 21.8. The number of anilines is 1. The van der Waals surface area contributed by atoms with Crippen molar-refractivity contribution < 1.29 is 9.18 Å². The Morgan fingerprint density at radius 1 is 1.30 bits per heavy atom. The number of aromatic nitrogens is 3. The number of carbonyl (C=O) groups is 1. The van der Waals surface area contributed by atoms with Crippen LogP contribution < -0.4 is 5.32 Å². The van der Waals surface area contributed by atoms with E-state index in [2.05, 4.69) is 29.4 Å². The highest BCUT2D eigenvalue weighted by Crippen LogP contribution is 2.24. The molecule has 0 saturated carbocycles. The van der Waals surface area contributed by atoms with Crippen LogP contribution in [0.5, 0.6) is 0 Å². The van der Waals surface area contributed by atoms with Crippen molar-refractivity contribution in [2.24, 2.45) is 5.92 Å². The van der Waals surface area contributed by atoms with Gasteiger partial charge in [-0.05, 0) is 61.7 Å². The first-order valence-corrected chi connectivity index (χ1v) is 10.3. The molecule has 0 radical (unpaired) electrons. The molecule has 0 fully saturated rings. The van der Waals surface area contributed by atoms with Crippen LogP contribution in [0.1, 0.15) is 35.8 Å². The maximum Gasteiger partial charge on any atom is 0.268 e. The summed E-state index contributed by atoms with van der Waals surface area (Å²) in [5.41, 5.74) is 3.26. The van der Waals surface area contributed by atoms with Gasteiger partial charge in [0.05, 0.1) is 0 Å². The summed E-state index contributed by atoms with van der Waals surface area (Å²) in [6, 6.07) is 10.0. The quantitative estimate of drug-likeness (QED) is 0.455. The van der Waals surface area contributed by atoms with Crippen molar-refractivity contribution in [1.29, 1.82) is 5.26 Å². The molecule has 1 amide bonds. The minimum Gasteiger partial charge on any atom is -0.318 e. The molecule has 0 aliphatic rings. The Kier molecular flexibility index (Phi) is 6.43. The van der Waals surface area contributed by atoms with Crippen molar-refractivity contribution in [1.82, 2.24) is 14.8 Å². The summed E-state index contributed by atoms with van der Waals surface area (Å²) in [5, 5.41) is 21.4. The third-order valence-corrected chi connectivity index (χ3v) is 5.35. The first-order chi connectivity index (χ1) is 14.3. The fraction of sp³-hybridized carbons (Fsp3) is 0.273. The molecule has 30 heavy (non-hydrogen) atoms. The van der Waals surface area contributed by atoms with E-state index in [9.17, 15) is 14.4 Å². The van der Waals surface area contributed by atoms with E-state index in [1.54, 1.807) is 18.2 Å². The average Bonchev–Trinajstić information content (AvgIpc) is 3.23. The number of amides is 1. The van der Waals surface area contributed by atoms with E-state index in [4.69, 9.17) is 0 Å². The van der Waals surface area contributed by atoms with Crippen molar-refractivity contribution in [2.45, 2.75) is 34.1 Å². The maximum atomic E-state index is 13.2. The summed E-state index contributed by atoms with van der Waals surface area (Å²) < 4.78 is 15.2. The summed E-state index contributed by atoms with van der Waals surface area (Å²) in [6.07, 6.45) is 2.33. The largest absolute Gasteiger partial charge is 0.318 e. The Hall–Kier alpha value is -3.31. The fourth-order valence-electron chi connectivity index (χ4n) is 3.13. The molecule has 1 aromatic carbocycles. The molecule has 6 nitrogen and oxygen atoms in total. The number of aryl methyl sites for hydroxylation is 1. The van der Waals surface area contributed by atoms with Gasteiger partial charge in [0.1, 0.15) is 22.5 Å². The first-order valence-electron chi connectivity index (χ1n) is 9.49. The van der Waals surface area contributed by atoms with Crippen LogP contribution in [0.3, 0.4) is 0 Å². The van der Waals surface area contributed by atoms with Crippen molar-refractivity contribution in [3.05, 3.63) is 63.7 Å². The van der Waals surface area contributed by atoms with Gasteiger partial charge in [-0.15, -0.1) is 10.2 Å². The number of nitriles is 1. The van der Waals surface area contributed by atoms with Crippen LogP contribution in [0.25, 0.3) is 11.8 Å². The molecular weight excluding hydrogens is 401 g/mol. The summed E-state index contributed by atoms with van der Waals surface area (Å²) in [4.78, 5) is 12.6. The van der Waals surface area contributed by atoms with E-state index in [1.165, 1.54) is 23.5 Å². The number of halogens is 1. The minimum absolute atomic E-state index is 0.0324. The van der Waals surface area contributed by atoms with E-state index >= 15 is 0 Å². The molecule has 0 aliphatic heterocycles. The standard InChI is InChI=1S/C22H22FN5OS/c1-13(2)9-20-26-27-22(30-20)25-21(29)17(12-24)11-16-10-14(3)28(15(16)4)19-7-5-18(23)6-8-19/h5-8,10-11,13H,9H2,1-4H3,(H,25,27,29)/b17-11-. The number of nitrogens with one attached hydrogen (secondary N) is 1. The molecular formula is C22H22FN5OS. The lowest BCUT2D eigenvalue weighted by Gasteiger charge is -2.09. The number of hydrogen-bond donors (Lipinski definition) is 1. The van der Waals surface area contributed by atoms with Gasteiger partial charge in [0.15, 0.2) is 0 Å². The Labute approximate surface area is 178 Å². The summed E-state index contributed by atoms with van der Waals surface area (Å²) >= 11 is 1.31. The lowest BCUT2D eigenvalue weighted by Crippen LogP contribution is -2.13. The van der Waals surface area contributed by atoms with E-state index < -0.39 is 5.91 Å². The van der Waals surface area contributed by atoms with Crippen molar-refractivity contribution in [2.75, 3.05) is 5.32 Å². The Morgan fingerprint density at radius 2 is 2.00 bits per heavy atom. The zero-order valence-electron chi connectivity index (χ0n) is 17.2. The lowest BCUT2D eigenvalue weighted by atomic mass is 10.1. The highest BCUT2D eigenvalue weighted by Gasteiger charge is 2.16. The summed E-state index contributed by atoms with van der Waals surface area (Å²) in [6.45, 7) is 7.96. The smallest absolute Gasteiger partial charge is 0.268 e. The molecule has 1 N–H and O–H groups in total. The van der Waals surface area contributed by atoms with Crippen LogP contribution in [0.15, 0.2) is 35.9 Å². The van der Waals surface area contributed by atoms with Gasteiger partial charge in [-0.2, -0.15) is 5.26 Å². The number of hydrogen-bond acceptors (Lipinski definition) is 5. The van der Waals surface area contributed by atoms with Crippen LogP contribution in [-0.4, -0.2) is 20.7 Å². The number of benzene rings is 1. The predicted molar refractivity (Wildman–Crippen MR) is 116 cm³/mol. The number of rotatable bonds is 6. The van der Waals surface area contributed by atoms with Crippen LogP contribution in [0.2, 0.25) is 0 Å². The van der Waals surface area contributed by atoms with E-state index in [-0.39, 0.29) is 11.4 Å². The Balaban J connectivity index is 1.84. The minimum atomic E-state index is -0.531. The first kappa shape index (κ1) is 21.4. The topological polar surface area (TPSA) is 83.6 Å². The van der Waals surface area contributed by atoms with Gasteiger partial charge in [0.25, 0.3) is 5.91 Å². The molecule has 0 atom stereocenters. The Morgan fingerprint density at radius 3 is 2.63 bits per heavy atom. The maximum absolute atomic E-state index is 13.2. The summed E-state index contributed by atoms with van der Waals surface area (Å²) in [7, 11) is 0. The number of carbonyl (C=O) groups excluding carboxylic acids is 1. The van der Waals surface area contributed by atoms with Crippen LogP contribution >= 0.6 is 11.3 Å². The highest BCUT2D eigenvalue weighted by molar-refractivity contribution is 7.15. The molecule has 0 unspecified atom stereocenters. The van der Waals surface area contributed by atoms with Crippen LogP contribution in [-0.2, 0) is 11.2 Å². The zero-order valence-corrected chi connectivity index (χ0v) is 18.0. The monoisotopic (exact) mass is 423 g/mol. The van der Waals surface area contributed by atoms with E-state index in [0.717, 1.165) is 34.1 Å². The molecule has 2 heterocycles. The lowest BCUT2D eigenvalue weighted by molar-refractivity contribution is -0.112. The second kappa shape index (κ2) is 9.01. The second-order valence-corrected chi connectivity index (χ2v) is 8.42. The highest BCUT2D eigenvalue weighted by atomic mass is 32.1. The van der Waals surface area contributed by atoms with Gasteiger partial charge >= 0.3 is 0 Å². The molecule has 3 rings (SSSR count). The Bertz CT molecular complexity index is 1140. The molecule has 0 saturated heterocycles. The van der Waals surface area contributed by atoms with Gasteiger partial charge in [-0.25, -0.2) is 4.39 Å². The molecule has 3 aromatic rings. The van der Waals surface area contributed by atoms with Crippen LogP contribution in [0.4, 0.5) is 9.52 Å². The molecule has 8 heteroatoms. The molecule has 0 bridgehead atoms. The predicted octanol–water partition coefficient (Wildman–Crippen LogP) is 4.83. The van der Waals surface area contributed by atoms with E-state index in [1.807, 2.05) is 30.6 Å². The molecule has 0 aliphatic carbocycles.